The van der Waals surface area contributed by atoms with Crippen LogP contribution in [0.15, 0.2) is 18.2 Å². The minimum absolute atomic E-state index is 0.0556. The van der Waals surface area contributed by atoms with Crippen molar-refractivity contribution in [2.24, 2.45) is 0 Å². The lowest BCUT2D eigenvalue weighted by Gasteiger charge is -2.30. The number of hydrogen-bond donors (Lipinski definition) is 2. The molecular weight excluding hydrogens is 271 g/mol. The van der Waals surface area contributed by atoms with Crippen LogP contribution in [0.5, 0.6) is 0 Å². The maximum absolute atomic E-state index is 9.68. The fraction of sp³-hybridized carbons (Fsp3) is 0.538. The number of hydrogen-bond acceptors (Lipinski definition) is 3. The molecule has 1 aliphatic rings. The Bertz CT molecular complexity index is 393. The molecule has 1 heterocycles. The topological polar surface area (TPSA) is 35.5 Å². The SMILES string of the molecule is OCC(c1cc(Cl)ccc1Cl)N1CCCNCC1. The molecule has 5 heteroatoms. The monoisotopic (exact) mass is 288 g/mol. The molecule has 0 aromatic heterocycles. The number of aliphatic hydroxyl groups is 1. The summed E-state index contributed by atoms with van der Waals surface area (Å²) in [6.45, 7) is 3.89. The third-order valence-corrected chi connectivity index (χ3v) is 3.88. The number of halogens is 2. The van der Waals surface area contributed by atoms with Crippen LogP contribution in [0.4, 0.5) is 0 Å². The van der Waals surface area contributed by atoms with Crippen molar-refractivity contribution in [3.8, 4) is 0 Å². The summed E-state index contributed by atoms with van der Waals surface area (Å²) in [5.74, 6) is 0. The van der Waals surface area contributed by atoms with Gasteiger partial charge in [-0.2, -0.15) is 0 Å². The van der Waals surface area contributed by atoms with E-state index in [1.165, 1.54) is 0 Å². The van der Waals surface area contributed by atoms with Crippen LogP contribution in [-0.4, -0.2) is 42.8 Å². The Hall–Kier alpha value is -0.320. The van der Waals surface area contributed by atoms with Crippen molar-refractivity contribution in [1.29, 1.82) is 0 Å². The molecule has 1 saturated heterocycles. The van der Waals surface area contributed by atoms with Gasteiger partial charge in [-0.1, -0.05) is 23.2 Å². The number of benzene rings is 1. The molecule has 1 aromatic carbocycles. The molecule has 3 nitrogen and oxygen atoms in total. The lowest BCUT2D eigenvalue weighted by Crippen LogP contribution is -2.34. The quantitative estimate of drug-likeness (QED) is 0.896. The van der Waals surface area contributed by atoms with Crippen molar-refractivity contribution in [3.63, 3.8) is 0 Å². The highest BCUT2D eigenvalue weighted by atomic mass is 35.5. The third kappa shape index (κ3) is 3.37. The molecule has 100 valence electrons. The molecule has 0 bridgehead atoms. The molecule has 1 aromatic rings. The molecule has 0 saturated carbocycles. The van der Waals surface area contributed by atoms with Crippen molar-refractivity contribution in [1.82, 2.24) is 10.2 Å². The average Bonchev–Trinajstić information content (AvgIpc) is 2.64. The van der Waals surface area contributed by atoms with E-state index in [1.54, 1.807) is 12.1 Å². The van der Waals surface area contributed by atoms with Crippen molar-refractivity contribution < 1.29 is 5.11 Å². The Morgan fingerprint density at radius 3 is 2.89 bits per heavy atom. The first kappa shape index (κ1) is 14.1. The molecular formula is C13H18Cl2N2O. The van der Waals surface area contributed by atoms with Gasteiger partial charge in [0.25, 0.3) is 0 Å². The highest BCUT2D eigenvalue weighted by Gasteiger charge is 2.22. The summed E-state index contributed by atoms with van der Waals surface area (Å²) in [5, 5.41) is 14.3. The average molecular weight is 289 g/mol. The van der Waals surface area contributed by atoms with Gasteiger partial charge < -0.3 is 10.4 Å². The molecule has 1 fully saturated rings. The van der Waals surface area contributed by atoms with E-state index in [1.807, 2.05) is 6.07 Å². The molecule has 2 N–H and O–H groups in total. The number of nitrogens with zero attached hydrogens (tertiary/aromatic N) is 1. The van der Waals surface area contributed by atoms with Crippen LogP contribution in [0.3, 0.4) is 0 Å². The lowest BCUT2D eigenvalue weighted by atomic mass is 10.1. The van der Waals surface area contributed by atoms with Crippen LogP contribution in [-0.2, 0) is 0 Å². The molecule has 0 aliphatic carbocycles. The molecule has 0 radical (unpaired) electrons. The zero-order valence-electron chi connectivity index (χ0n) is 10.2. The third-order valence-electron chi connectivity index (χ3n) is 3.31. The summed E-state index contributed by atoms with van der Waals surface area (Å²) < 4.78 is 0. The van der Waals surface area contributed by atoms with Gasteiger partial charge in [0, 0.05) is 29.7 Å². The first-order valence-electron chi connectivity index (χ1n) is 6.23. The van der Waals surface area contributed by atoms with Gasteiger partial charge in [-0.25, -0.2) is 0 Å². The second kappa shape index (κ2) is 6.73. The van der Waals surface area contributed by atoms with E-state index in [2.05, 4.69) is 10.2 Å². The van der Waals surface area contributed by atoms with Crippen LogP contribution < -0.4 is 5.32 Å². The zero-order valence-corrected chi connectivity index (χ0v) is 11.7. The fourth-order valence-corrected chi connectivity index (χ4v) is 2.78. The van der Waals surface area contributed by atoms with E-state index >= 15 is 0 Å². The van der Waals surface area contributed by atoms with Gasteiger partial charge in [0.05, 0.1) is 12.6 Å². The first-order chi connectivity index (χ1) is 8.72. The predicted octanol–water partition coefficient (Wildman–Crippen LogP) is 2.32. The normalized spacial score (nSPS) is 19.5. The van der Waals surface area contributed by atoms with Crippen molar-refractivity contribution in [2.45, 2.75) is 12.5 Å². The Morgan fingerprint density at radius 1 is 1.28 bits per heavy atom. The van der Waals surface area contributed by atoms with Crippen LogP contribution in [0.2, 0.25) is 10.0 Å². The van der Waals surface area contributed by atoms with Crippen LogP contribution in [0, 0.1) is 0 Å². The maximum Gasteiger partial charge on any atom is 0.0629 e. The van der Waals surface area contributed by atoms with Crippen LogP contribution >= 0.6 is 23.2 Å². The molecule has 1 aliphatic heterocycles. The van der Waals surface area contributed by atoms with Crippen molar-refractivity contribution in [2.75, 3.05) is 32.8 Å². The summed E-state index contributed by atoms with van der Waals surface area (Å²) in [6.07, 6.45) is 1.08. The molecule has 2 rings (SSSR count). The van der Waals surface area contributed by atoms with Crippen LogP contribution in [0.1, 0.15) is 18.0 Å². The van der Waals surface area contributed by atoms with E-state index < -0.39 is 0 Å². The Labute approximate surface area is 118 Å². The van der Waals surface area contributed by atoms with Gasteiger partial charge in [0.1, 0.15) is 0 Å². The van der Waals surface area contributed by atoms with Gasteiger partial charge in [-0.3, -0.25) is 4.90 Å². The first-order valence-corrected chi connectivity index (χ1v) is 6.98. The highest BCUT2D eigenvalue weighted by Crippen LogP contribution is 2.30. The van der Waals surface area contributed by atoms with Crippen LogP contribution in [0.25, 0.3) is 0 Å². The molecule has 18 heavy (non-hydrogen) atoms. The van der Waals surface area contributed by atoms with E-state index in [4.69, 9.17) is 23.2 Å². The van der Waals surface area contributed by atoms with E-state index in [0.29, 0.717) is 10.0 Å². The summed E-state index contributed by atoms with van der Waals surface area (Å²) >= 11 is 12.2. The minimum atomic E-state index is -0.0731. The largest absolute Gasteiger partial charge is 0.394 e. The van der Waals surface area contributed by atoms with Crippen molar-refractivity contribution in [3.05, 3.63) is 33.8 Å². The molecule has 1 atom stereocenters. The standard InChI is InChI=1S/C13H18Cl2N2O/c14-10-2-3-12(15)11(8-10)13(9-18)17-6-1-4-16-5-7-17/h2-3,8,13,16,18H,1,4-7,9H2. The highest BCUT2D eigenvalue weighted by molar-refractivity contribution is 6.33. The zero-order chi connectivity index (χ0) is 13.0. The van der Waals surface area contributed by atoms with Crippen molar-refractivity contribution >= 4 is 23.2 Å². The summed E-state index contributed by atoms with van der Waals surface area (Å²) in [7, 11) is 0. The minimum Gasteiger partial charge on any atom is -0.394 e. The van der Waals surface area contributed by atoms with Gasteiger partial charge in [0.15, 0.2) is 0 Å². The van der Waals surface area contributed by atoms with E-state index in [-0.39, 0.29) is 12.6 Å². The second-order valence-electron chi connectivity index (χ2n) is 4.50. The number of rotatable bonds is 3. The number of nitrogens with one attached hydrogen (secondary N) is 1. The van der Waals surface area contributed by atoms with Gasteiger partial charge in [0.2, 0.25) is 0 Å². The predicted molar refractivity (Wildman–Crippen MR) is 75.3 cm³/mol. The smallest absolute Gasteiger partial charge is 0.0629 e. The Balaban J connectivity index is 2.23. The fourth-order valence-electron chi connectivity index (χ4n) is 2.36. The Morgan fingerprint density at radius 2 is 2.11 bits per heavy atom. The lowest BCUT2D eigenvalue weighted by molar-refractivity contribution is 0.130. The molecule has 0 amide bonds. The van der Waals surface area contributed by atoms with Gasteiger partial charge in [-0.15, -0.1) is 0 Å². The van der Waals surface area contributed by atoms with Gasteiger partial charge in [-0.05, 0) is 36.7 Å². The summed E-state index contributed by atoms with van der Waals surface area (Å²) in [6, 6.07) is 5.34. The van der Waals surface area contributed by atoms with Gasteiger partial charge >= 0.3 is 0 Å². The second-order valence-corrected chi connectivity index (χ2v) is 5.35. The Kier molecular flexibility index (Phi) is 5.27. The van der Waals surface area contributed by atoms with E-state index in [0.717, 1.165) is 38.2 Å². The molecule has 0 spiro atoms. The number of aliphatic hydroxyl groups excluding tert-OH is 1. The molecule has 1 unspecified atom stereocenters. The maximum atomic E-state index is 9.68. The van der Waals surface area contributed by atoms with E-state index in [9.17, 15) is 5.11 Å². The summed E-state index contributed by atoms with van der Waals surface area (Å²) in [5.41, 5.74) is 0.911. The summed E-state index contributed by atoms with van der Waals surface area (Å²) in [4.78, 5) is 2.26.